The number of aromatic nitrogens is 2. The number of nitrogens with zero attached hydrogens (tertiary/aromatic N) is 3. The molecule has 4 heteroatoms. The van der Waals surface area contributed by atoms with Gasteiger partial charge in [-0.25, -0.2) is 4.98 Å². The average Bonchev–Trinajstić information content (AvgIpc) is 2.98. The minimum Gasteiger partial charge on any atom is -0.371 e. The smallest absolute Gasteiger partial charge is 0.138 e. The number of imidazole rings is 1. The van der Waals surface area contributed by atoms with Crippen LogP contribution in [0.25, 0.3) is 5.65 Å². The number of fused-ring (bicyclic) bond motifs is 1. The predicted molar refractivity (Wildman–Crippen MR) is 69.4 cm³/mol. The molecule has 0 saturated carbocycles. The predicted octanol–water partition coefficient (Wildman–Crippen LogP) is 1.65. The van der Waals surface area contributed by atoms with Gasteiger partial charge in [0.25, 0.3) is 0 Å². The van der Waals surface area contributed by atoms with Crippen LogP contribution in [0.1, 0.15) is 18.5 Å². The minimum absolute atomic E-state index is 0.851. The van der Waals surface area contributed by atoms with Crippen molar-refractivity contribution in [1.29, 1.82) is 0 Å². The summed E-state index contributed by atoms with van der Waals surface area (Å²) in [6.45, 7) is 3.21. The summed E-state index contributed by atoms with van der Waals surface area (Å²) in [7, 11) is 1.96. The van der Waals surface area contributed by atoms with Gasteiger partial charge in [-0.15, -0.1) is 0 Å². The van der Waals surface area contributed by atoms with Crippen LogP contribution in [0.15, 0.2) is 24.5 Å². The Kier molecular flexibility index (Phi) is 2.73. The highest BCUT2D eigenvalue weighted by Crippen LogP contribution is 2.21. The number of pyridine rings is 1. The first-order valence-electron chi connectivity index (χ1n) is 6.24. The molecule has 1 N–H and O–H groups in total. The normalized spacial score (nSPS) is 15.9. The Bertz CT molecular complexity index is 511. The molecule has 0 bridgehead atoms. The van der Waals surface area contributed by atoms with E-state index in [0.29, 0.717) is 0 Å². The van der Waals surface area contributed by atoms with Gasteiger partial charge < -0.3 is 14.6 Å². The highest BCUT2D eigenvalue weighted by molar-refractivity contribution is 5.57. The van der Waals surface area contributed by atoms with Crippen molar-refractivity contribution in [2.75, 3.05) is 25.0 Å². The largest absolute Gasteiger partial charge is 0.371 e. The molecule has 2 aromatic rings. The fraction of sp³-hybridized carbons (Fsp3) is 0.462. The lowest BCUT2D eigenvalue weighted by molar-refractivity contribution is 0.782. The first-order chi connectivity index (χ1) is 8.38. The van der Waals surface area contributed by atoms with Crippen LogP contribution in [0.4, 0.5) is 5.69 Å². The summed E-state index contributed by atoms with van der Waals surface area (Å²) < 4.78 is 2.15. The molecule has 4 nitrogen and oxygen atoms in total. The molecule has 0 radical (unpaired) electrons. The van der Waals surface area contributed by atoms with Gasteiger partial charge in [-0.2, -0.15) is 0 Å². The molecule has 0 aliphatic carbocycles. The van der Waals surface area contributed by atoms with E-state index in [2.05, 4.69) is 37.9 Å². The summed E-state index contributed by atoms with van der Waals surface area (Å²) in [6.07, 6.45) is 6.69. The number of anilines is 1. The van der Waals surface area contributed by atoms with Crippen LogP contribution in [0.5, 0.6) is 0 Å². The maximum Gasteiger partial charge on any atom is 0.138 e. The number of nitrogens with one attached hydrogen (secondary N) is 1. The maximum absolute atomic E-state index is 4.47. The highest BCUT2D eigenvalue weighted by Gasteiger charge is 2.13. The summed E-state index contributed by atoms with van der Waals surface area (Å²) in [5.41, 5.74) is 3.55. The second kappa shape index (κ2) is 4.37. The van der Waals surface area contributed by atoms with Crippen molar-refractivity contribution in [3.8, 4) is 0 Å². The second-order valence-corrected chi connectivity index (χ2v) is 4.59. The zero-order chi connectivity index (χ0) is 11.7. The van der Waals surface area contributed by atoms with E-state index in [0.717, 1.165) is 12.2 Å². The molecule has 2 aromatic heterocycles. The van der Waals surface area contributed by atoms with Crippen LogP contribution in [0, 0.1) is 0 Å². The third-order valence-corrected chi connectivity index (χ3v) is 3.40. The van der Waals surface area contributed by atoms with Crippen molar-refractivity contribution in [3.05, 3.63) is 30.2 Å². The van der Waals surface area contributed by atoms with Gasteiger partial charge in [0, 0.05) is 37.6 Å². The van der Waals surface area contributed by atoms with Crippen molar-refractivity contribution in [2.45, 2.75) is 19.4 Å². The van der Waals surface area contributed by atoms with Crippen LogP contribution in [0.3, 0.4) is 0 Å². The van der Waals surface area contributed by atoms with Gasteiger partial charge in [-0.05, 0) is 26.0 Å². The van der Waals surface area contributed by atoms with Gasteiger partial charge in [0.2, 0.25) is 0 Å². The first kappa shape index (κ1) is 10.6. The second-order valence-electron chi connectivity index (χ2n) is 4.59. The number of hydrogen-bond acceptors (Lipinski definition) is 3. The highest BCUT2D eigenvalue weighted by atomic mass is 15.1. The maximum atomic E-state index is 4.47. The molecule has 1 aliphatic heterocycles. The van der Waals surface area contributed by atoms with Crippen molar-refractivity contribution in [2.24, 2.45) is 0 Å². The van der Waals surface area contributed by atoms with Crippen molar-refractivity contribution in [1.82, 2.24) is 14.7 Å². The molecule has 17 heavy (non-hydrogen) atoms. The van der Waals surface area contributed by atoms with E-state index < -0.39 is 0 Å². The molecule has 0 atom stereocenters. The van der Waals surface area contributed by atoms with E-state index >= 15 is 0 Å². The third kappa shape index (κ3) is 1.89. The lowest BCUT2D eigenvalue weighted by atomic mass is 10.3. The van der Waals surface area contributed by atoms with Crippen molar-refractivity contribution in [3.63, 3.8) is 0 Å². The number of hydrogen-bond donors (Lipinski definition) is 1. The van der Waals surface area contributed by atoms with Gasteiger partial charge in [-0.3, -0.25) is 0 Å². The Hall–Kier alpha value is -1.55. The first-order valence-corrected chi connectivity index (χ1v) is 6.24. The Morgan fingerprint density at radius 3 is 2.94 bits per heavy atom. The molecule has 1 aliphatic rings. The monoisotopic (exact) mass is 230 g/mol. The molecule has 1 fully saturated rings. The molecule has 0 amide bonds. The molecule has 0 unspecified atom stereocenters. The van der Waals surface area contributed by atoms with Crippen LogP contribution in [-0.2, 0) is 6.54 Å². The van der Waals surface area contributed by atoms with E-state index in [-0.39, 0.29) is 0 Å². The Morgan fingerprint density at radius 1 is 1.35 bits per heavy atom. The third-order valence-electron chi connectivity index (χ3n) is 3.40. The average molecular weight is 230 g/mol. The molecule has 3 rings (SSSR count). The van der Waals surface area contributed by atoms with E-state index in [1.807, 2.05) is 13.2 Å². The topological polar surface area (TPSA) is 32.6 Å². The fourth-order valence-electron chi connectivity index (χ4n) is 2.51. The van der Waals surface area contributed by atoms with Crippen LogP contribution in [0.2, 0.25) is 0 Å². The van der Waals surface area contributed by atoms with Gasteiger partial charge in [0.1, 0.15) is 5.65 Å². The lowest BCUT2D eigenvalue weighted by Crippen LogP contribution is -2.17. The van der Waals surface area contributed by atoms with Gasteiger partial charge in [-0.1, -0.05) is 0 Å². The van der Waals surface area contributed by atoms with Crippen molar-refractivity contribution < 1.29 is 0 Å². The van der Waals surface area contributed by atoms with Gasteiger partial charge >= 0.3 is 0 Å². The number of rotatable bonds is 3. The van der Waals surface area contributed by atoms with Crippen LogP contribution in [-0.4, -0.2) is 29.5 Å². The molecule has 1 saturated heterocycles. The summed E-state index contributed by atoms with van der Waals surface area (Å²) in [5, 5.41) is 3.16. The van der Waals surface area contributed by atoms with Gasteiger partial charge in [0.15, 0.2) is 0 Å². The summed E-state index contributed by atoms with van der Waals surface area (Å²) in [4.78, 5) is 6.90. The SMILES string of the molecule is CNCc1cnc2cc(N3CCCC3)ccn12. The summed E-state index contributed by atoms with van der Waals surface area (Å²) in [6, 6.07) is 4.38. The fourth-order valence-corrected chi connectivity index (χ4v) is 2.51. The Balaban J connectivity index is 1.96. The Labute approximate surface area is 101 Å². The van der Waals surface area contributed by atoms with Crippen LogP contribution < -0.4 is 10.2 Å². The summed E-state index contributed by atoms with van der Waals surface area (Å²) >= 11 is 0. The van der Waals surface area contributed by atoms with Crippen LogP contribution >= 0.6 is 0 Å². The molecular formula is C13H18N4. The van der Waals surface area contributed by atoms with E-state index in [4.69, 9.17) is 0 Å². The molecule has 0 spiro atoms. The van der Waals surface area contributed by atoms with Crippen molar-refractivity contribution >= 4 is 11.3 Å². The van der Waals surface area contributed by atoms with E-state index in [1.165, 1.54) is 37.3 Å². The zero-order valence-corrected chi connectivity index (χ0v) is 10.2. The lowest BCUT2D eigenvalue weighted by Gasteiger charge is -2.17. The zero-order valence-electron chi connectivity index (χ0n) is 10.2. The molecule has 90 valence electrons. The van der Waals surface area contributed by atoms with E-state index in [1.54, 1.807) is 0 Å². The molecular weight excluding hydrogens is 212 g/mol. The minimum atomic E-state index is 0.851. The summed E-state index contributed by atoms with van der Waals surface area (Å²) in [5.74, 6) is 0. The molecule has 0 aromatic carbocycles. The standard InChI is InChI=1S/C13H18N4/c1-14-9-12-10-15-13-8-11(4-7-17(12)13)16-5-2-3-6-16/h4,7-8,10,14H,2-3,5-6,9H2,1H3. The van der Waals surface area contributed by atoms with Gasteiger partial charge in [0.05, 0.1) is 11.9 Å². The Morgan fingerprint density at radius 2 is 2.18 bits per heavy atom. The quantitative estimate of drug-likeness (QED) is 0.870. The van der Waals surface area contributed by atoms with E-state index in [9.17, 15) is 0 Å². The molecule has 3 heterocycles.